The number of amides is 5. The minimum atomic E-state index is -6.02. The summed E-state index contributed by atoms with van der Waals surface area (Å²) >= 11 is 39.9. The predicted molar refractivity (Wildman–Crippen MR) is 408 cm³/mol. The van der Waals surface area contributed by atoms with E-state index in [0.717, 1.165) is 81.2 Å². The summed E-state index contributed by atoms with van der Waals surface area (Å²) in [4.78, 5) is 77.6. The number of rotatable bonds is 6. The number of fused-ring (bicyclic) bond motifs is 5. The Morgan fingerprint density at radius 1 is 0.423 bits per heavy atom. The molecule has 10 rings (SSSR count). The van der Waals surface area contributed by atoms with Crippen LogP contribution in [-0.2, 0) is 121 Å². The van der Waals surface area contributed by atoms with Gasteiger partial charge in [0.05, 0.1) is 29.3 Å². The Bertz CT molecular complexity index is 4080. The van der Waals surface area contributed by atoms with Gasteiger partial charge in [0, 0.05) is 97.3 Å². The molecule has 0 fully saturated rings. The Balaban J connectivity index is 0.000000217. The standard InChI is InChI=1S/C16H21BrClNO2.C16H21Cl2NO2.C16H22ClNO3.C14H13ClF3NO3.C13H10ClF6NO4S/c2*1-16(2,3)21-15(20)19-8-6-11-4-5-14(18)13(10-17)12(11)7-9-19;1-16(2,3)21-15(20)18-8-6-11-4-5-14(17)13(10-19)12(11)7-9-18;1-22-12(20)11-9-5-7-19(13(21)14(16,17)18)6-4-8(9)2-3-10(11)15;14-9-2-1-7-3-5-21(11(22)12(15,16)17)6-4-8(7)10(9)25-26(23,24)13(18,19)20/h2*4-5H,6-10H2,1-3H3;4-5,19H,6-10H2,1-3H3;2-3H,4-7H2,1H3;1-2H,3-6H2. The number of halogens is 16. The predicted octanol–water partition coefficient (Wildman–Crippen LogP) is 17.8. The van der Waals surface area contributed by atoms with Crippen molar-refractivity contribution in [2.24, 2.45) is 0 Å². The first-order chi connectivity index (χ1) is 51.4. The molecule has 0 saturated carbocycles. The van der Waals surface area contributed by atoms with Crippen molar-refractivity contribution in [3.05, 3.63) is 164 Å². The normalized spacial score (nSPS) is 15.5. The van der Waals surface area contributed by atoms with Crippen molar-refractivity contribution in [1.82, 2.24) is 24.5 Å². The molecule has 5 aromatic carbocycles. The van der Waals surface area contributed by atoms with E-state index in [9.17, 15) is 81.8 Å². The maximum absolute atomic E-state index is 12.6. The molecule has 5 heterocycles. The Hall–Kier alpha value is -6.38. The number of hydrogen-bond acceptors (Lipinski definition) is 14. The fraction of sp³-hybridized carbons (Fsp3) is 0.520. The highest BCUT2D eigenvalue weighted by atomic mass is 79.9. The van der Waals surface area contributed by atoms with E-state index in [1.807, 2.05) is 92.6 Å². The Morgan fingerprint density at radius 2 is 0.712 bits per heavy atom. The van der Waals surface area contributed by atoms with Crippen molar-refractivity contribution in [2.45, 2.75) is 179 Å². The summed E-state index contributed by atoms with van der Waals surface area (Å²) in [7, 11) is -4.81. The zero-order valence-electron chi connectivity index (χ0n) is 62.5. The van der Waals surface area contributed by atoms with Crippen LogP contribution < -0.4 is 4.18 Å². The van der Waals surface area contributed by atoms with Crippen LogP contribution in [0.4, 0.5) is 53.9 Å². The van der Waals surface area contributed by atoms with Gasteiger partial charge < -0.3 is 52.7 Å². The maximum Gasteiger partial charge on any atom is 0.534 e. The molecule has 0 atom stereocenters. The van der Waals surface area contributed by atoms with E-state index in [-0.39, 0.29) is 91.9 Å². The van der Waals surface area contributed by atoms with E-state index in [0.29, 0.717) is 77.6 Å². The van der Waals surface area contributed by atoms with Crippen molar-refractivity contribution >= 4 is 132 Å². The van der Waals surface area contributed by atoms with Crippen LogP contribution in [-0.4, -0.2) is 181 Å². The van der Waals surface area contributed by atoms with Gasteiger partial charge in [-0.3, -0.25) is 9.59 Å². The smallest absolute Gasteiger partial charge is 0.465 e. The van der Waals surface area contributed by atoms with Gasteiger partial charge in [0.1, 0.15) is 16.8 Å². The minimum Gasteiger partial charge on any atom is -0.465 e. The van der Waals surface area contributed by atoms with Gasteiger partial charge in [0.25, 0.3) is 0 Å². The summed E-state index contributed by atoms with van der Waals surface area (Å²) in [5.74, 6) is -5.01. The lowest BCUT2D eigenvalue weighted by Gasteiger charge is -2.26. The highest BCUT2D eigenvalue weighted by Gasteiger charge is 2.50. The monoisotopic (exact) mass is 1770 g/mol. The molecule has 5 aliphatic rings. The topological polar surface area (TPSA) is 219 Å². The van der Waals surface area contributed by atoms with Crippen LogP contribution in [0.5, 0.6) is 5.75 Å². The molecule has 5 aromatic rings. The molecule has 0 spiro atoms. The van der Waals surface area contributed by atoms with Gasteiger partial charge >= 0.3 is 64.0 Å². The van der Waals surface area contributed by atoms with Crippen LogP contribution in [0.3, 0.4) is 0 Å². The van der Waals surface area contributed by atoms with E-state index >= 15 is 0 Å². The van der Waals surface area contributed by atoms with E-state index in [4.69, 9.17) is 83.8 Å². The molecule has 111 heavy (non-hydrogen) atoms. The molecule has 614 valence electrons. The molecule has 0 aliphatic carbocycles. The lowest BCUT2D eigenvalue weighted by Crippen LogP contribution is -2.42. The van der Waals surface area contributed by atoms with Gasteiger partial charge in [-0.05, 0) is 224 Å². The number of methoxy groups -OCH3 is 1. The number of aliphatic hydroxyl groups is 1. The van der Waals surface area contributed by atoms with Crippen LogP contribution in [0.1, 0.15) is 145 Å². The third kappa shape index (κ3) is 26.3. The molecule has 36 heteroatoms. The second-order valence-corrected chi connectivity index (χ2v) is 33.3. The summed E-state index contributed by atoms with van der Waals surface area (Å²) < 4.78 is 160. The SMILES string of the molecule is CC(C)(C)OC(=O)N1CCc2ccc(Cl)c(CBr)c2CC1.CC(C)(C)OC(=O)N1CCc2ccc(Cl)c(CCl)c2CC1.CC(C)(C)OC(=O)N1CCc2ccc(Cl)c(CO)c2CC1.COC(=O)c1c(Cl)ccc2c1CCN(C(=O)C(F)(F)F)CC2.O=C(N1CCc2ccc(Cl)c(OS(=O)(=O)C(F)(F)F)c2CC1)C(F)(F)F. The third-order valence-corrected chi connectivity index (χ3v) is 21.3. The number of carbonyl (C=O) groups is 6. The molecule has 0 saturated heterocycles. The molecule has 0 unspecified atom stereocenters. The molecule has 0 radical (unpaired) electrons. The second-order valence-electron chi connectivity index (χ2n) is 28.9. The fourth-order valence-electron chi connectivity index (χ4n) is 12.5. The lowest BCUT2D eigenvalue weighted by molar-refractivity contribution is -0.185. The fourth-order valence-corrected chi connectivity index (χ4v) is 15.4. The number of esters is 1. The summed E-state index contributed by atoms with van der Waals surface area (Å²) in [5.41, 5.74) is 4.48. The molecule has 5 aliphatic heterocycles. The molecular formula is C75H87BrCl6F9N5O14S. The number of benzene rings is 5. The van der Waals surface area contributed by atoms with Crippen LogP contribution in [0.2, 0.25) is 25.1 Å². The van der Waals surface area contributed by atoms with Crippen molar-refractivity contribution in [2.75, 3.05) is 72.6 Å². The Kier molecular flexibility index (Phi) is 33.1. The van der Waals surface area contributed by atoms with Gasteiger partial charge in [0.2, 0.25) is 0 Å². The maximum atomic E-state index is 12.6. The molecule has 0 bridgehead atoms. The average Bonchev–Trinajstić information content (AvgIpc) is 1.84. The van der Waals surface area contributed by atoms with Gasteiger partial charge in [-0.2, -0.15) is 47.9 Å². The lowest BCUT2D eigenvalue weighted by atomic mass is 9.97. The molecular weight excluding hydrogens is 1690 g/mol. The van der Waals surface area contributed by atoms with E-state index < -0.39 is 79.9 Å². The van der Waals surface area contributed by atoms with Gasteiger partial charge in [-0.1, -0.05) is 104 Å². The summed E-state index contributed by atoms with van der Waals surface area (Å²) in [6.07, 6.45) is -6.30. The zero-order chi connectivity index (χ0) is 83.3. The van der Waals surface area contributed by atoms with Gasteiger partial charge in [-0.25, -0.2) is 19.2 Å². The van der Waals surface area contributed by atoms with Crippen molar-refractivity contribution < 1.29 is 105 Å². The Morgan fingerprint density at radius 3 is 1.05 bits per heavy atom. The Labute approximate surface area is 677 Å². The van der Waals surface area contributed by atoms with E-state index in [1.165, 1.54) is 41.5 Å². The van der Waals surface area contributed by atoms with E-state index in [1.54, 1.807) is 20.8 Å². The minimum absolute atomic E-state index is 0.0619. The number of alkyl halides is 11. The zero-order valence-corrected chi connectivity index (χ0v) is 69.4. The van der Waals surface area contributed by atoms with Crippen molar-refractivity contribution in [3.8, 4) is 5.75 Å². The molecule has 0 aromatic heterocycles. The van der Waals surface area contributed by atoms with Gasteiger partial charge in [0.15, 0.2) is 5.75 Å². The highest BCUT2D eigenvalue weighted by molar-refractivity contribution is 9.08. The first-order valence-corrected chi connectivity index (χ1v) is 39.9. The molecule has 1 N–H and O–H groups in total. The summed E-state index contributed by atoms with van der Waals surface area (Å²) in [6.45, 7) is 19.6. The quantitative estimate of drug-likeness (QED) is 0.0418. The van der Waals surface area contributed by atoms with Crippen LogP contribution in [0, 0.1) is 0 Å². The summed E-state index contributed by atoms with van der Waals surface area (Å²) in [5, 5.41) is 12.0. The van der Waals surface area contributed by atoms with Crippen LogP contribution in [0.15, 0.2) is 60.7 Å². The summed E-state index contributed by atoms with van der Waals surface area (Å²) in [6, 6.07) is 17.3. The number of nitrogens with zero attached hydrogens (tertiary/aromatic N) is 5. The molecule has 19 nitrogen and oxygen atoms in total. The molecule has 5 amide bonds. The van der Waals surface area contributed by atoms with Crippen LogP contribution >= 0.6 is 85.5 Å². The van der Waals surface area contributed by atoms with Crippen LogP contribution in [0.25, 0.3) is 0 Å². The van der Waals surface area contributed by atoms with Gasteiger partial charge in [-0.15, -0.1) is 11.6 Å². The number of carbonyl (C=O) groups excluding carboxylic acids is 6. The highest BCUT2D eigenvalue weighted by Crippen LogP contribution is 2.39. The number of aliphatic hydroxyl groups excluding tert-OH is 1. The second kappa shape index (κ2) is 39.3. The largest absolute Gasteiger partial charge is 0.534 e. The number of ether oxygens (including phenoxy) is 4. The number of hydrogen-bond donors (Lipinski definition) is 1. The first-order valence-electron chi connectivity index (χ1n) is 34.9. The van der Waals surface area contributed by atoms with Crippen molar-refractivity contribution in [3.63, 3.8) is 0 Å². The average molecular weight is 1780 g/mol. The van der Waals surface area contributed by atoms with Crippen molar-refractivity contribution in [1.29, 1.82) is 0 Å². The first kappa shape index (κ1) is 93.5. The van der Waals surface area contributed by atoms with E-state index in [2.05, 4.69) is 30.9 Å². The third-order valence-electron chi connectivity index (χ3n) is 17.8.